The number of amides is 1. The minimum Gasteiger partial charge on any atom is -0.364 e. The standard InChI is InChI=1S/C20H31N3O2.2ClH/c1-2-23(20(24)19-9-8-18(12-21)25-19)15-17-10-11-22(14-17)13-16-6-4-3-5-7-16;;/h3-7,17-19H,2,8-15,21H2,1H3;2*1H/t17?,18-,19+;;/m1../s1. The molecular weight excluding hydrogens is 385 g/mol. The number of hydrogen-bond donors (Lipinski definition) is 1. The molecule has 1 amide bonds. The van der Waals surface area contributed by atoms with Gasteiger partial charge in [0.25, 0.3) is 5.91 Å². The first-order valence-electron chi connectivity index (χ1n) is 9.60. The Kier molecular flexibility index (Phi) is 10.6. The lowest BCUT2D eigenvalue weighted by atomic mass is 10.1. The van der Waals surface area contributed by atoms with Crippen molar-refractivity contribution in [3.63, 3.8) is 0 Å². The van der Waals surface area contributed by atoms with E-state index in [2.05, 4.69) is 42.2 Å². The minimum atomic E-state index is -0.282. The van der Waals surface area contributed by atoms with Gasteiger partial charge in [0.1, 0.15) is 6.10 Å². The van der Waals surface area contributed by atoms with E-state index in [4.69, 9.17) is 10.5 Å². The molecule has 2 aliphatic rings. The molecule has 27 heavy (non-hydrogen) atoms. The lowest BCUT2D eigenvalue weighted by molar-refractivity contribution is -0.143. The highest BCUT2D eigenvalue weighted by Gasteiger charge is 2.34. The van der Waals surface area contributed by atoms with Crippen LogP contribution < -0.4 is 5.73 Å². The van der Waals surface area contributed by atoms with Gasteiger partial charge in [-0.1, -0.05) is 30.3 Å². The van der Waals surface area contributed by atoms with Crippen LogP contribution in [0.4, 0.5) is 0 Å². The Morgan fingerprint density at radius 1 is 1.22 bits per heavy atom. The van der Waals surface area contributed by atoms with Crippen LogP contribution in [0.1, 0.15) is 31.7 Å². The number of likely N-dealkylation sites (tertiary alicyclic amines) is 1. The average Bonchev–Trinajstić information content (AvgIpc) is 3.29. The fourth-order valence-corrected chi connectivity index (χ4v) is 4.00. The van der Waals surface area contributed by atoms with E-state index in [1.54, 1.807) is 0 Å². The van der Waals surface area contributed by atoms with E-state index in [1.165, 1.54) is 5.56 Å². The number of carbonyl (C=O) groups excluding carboxylic acids is 1. The Labute approximate surface area is 175 Å². The Balaban J connectivity index is 0.00000182. The van der Waals surface area contributed by atoms with Crippen molar-refractivity contribution in [3.8, 4) is 0 Å². The summed E-state index contributed by atoms with van der Waals surface area (Å²) in [6.07, 6.45) is 2.64. The lowest BCUT2D eigenvalue weighted by Crippen LogP contribution is -2.42. The molecule has 1 unspecified atom stereocenters. The zero-order valence-electron chi connectivity index (χ0n) is 16.1. The number of nitrogens with two attached hydrogens (primary N) is 1. The maximum absolute atomic E-state index is 12.7. The van der Waals surface area contributed by atoms with E-state index >= 15 is 0 Å². The highest BCUT2D eigenvalue weighted by molar-refractivity contribution is 5.85. The molecule has 3 atom stereocenters. The van der Waals surface area contributed by atoms with Gasteiger partial charge < -0.3 is 15.4 Å². The van der Waals surface area contributed by atoms with Crippen LogP contribution in [0, 0.1) is 5.92 Å². The Morgan fingerprint density at radius 2 is 1.96 bits per heavy atom. The van der Waals surface area contributed by atoms with Gasteiger partial charge in [0, 0.05) is 32.7 Å². The van der Waals surface area contributed by atoms with Gasteiger partial charge in [0.15, 0.2) is 0 Å². The van der Waals surface area contributed by atoms with Crippen LogP contribution in [0.5, 0.6) is 0 Å². The molecule has 2 fully saturated rings. The number of carbonyl (C=O) groups is 1. The van der Waals surface area contributed by atoms with E-state index in [9.17, 15) is 4.79 Å². The van der Waals surface area contributed by atoms with Crippen molar-refractivity contribution in [3.05, 3.63) is 35.9 Å². The van der Waals surface area contributed by atoms with E-state index < -0.39 is 0 Å². The Bertz CT molecular complexity index is 561. The van der Waals surface area contributed by atoms with Crippen molar-refractivity contribution in [2.24, 2.45) is 11.7 Å². The summed E-state index contributed by atoms with van der Waals surface area (Å²) in [7, 11) is 0. The van der Waals surface area contributed by atoms with Crippen LogP contribution in [0.3, 0.4) is 0 Å². The molecule has 1 aromatic carbocycles. The Morgan fingerprint density at radius 3 is 2.59 bits per heavy atom. The molecule has 154 valence electrons. The summed E-state index contributed by atoms with van der Waals surface area (Å²) in [4.78, 5) is 17.2. The highest BCUT2D eigenvalue weighted by Crippen LogP contribution is 2.23. The fourth-order valence-electron chi connectivity index (χ4n) is 4.00. The number of nitrogens with zero attached hydrogens (tertiary/aromatic N) is 2. The molecule has 2 saturated heterocycles. The summed E-state index contributed by atoms with van der Waals surface area (Å²) in [5.41, 5.74) is 7.02. The number of benzene rings is 1. The van der Waals surface area contributed by atoms with Crippen LogP contribution in [0.15, 0.2) is 30.3 Å². The molecule has 2 aliphatic heterocycles. The molecule has 0 saturated carbocycles. The maximum Gasteiger partial charge on any atom is 0.251 e. The summed E-state index contributed by atoms with van der Waals surface area (Å²) >= 11 is 0. The van der Waals surface area contributed by atoms with Gasteiger partial charge in [0.2, 0.25) is 0 Å². The quantitative estimate of drug-likeness (QED) is 0.740. The minimum absolute atomic E-state index is 0. The van der Waals surface area contributed by atoms with Gasteiger partial charge >= 0.3 is 0 Å². The van der Waals surface area contributed by atoms with E-state index in [0.717, 1.165) is 52.0 Å². The second-order valence-corrected chi connectivity index (χ2v) is 7.31. The van der Waals surface area contributed by atoms with Gasteiger partial charge in [-0.15, -0.1) is 24.8 Å². The van der Waals surface area contributed by atoms with E-state index in [-0.39, 0.29) is 42.9 Å². The SMILES string of the molecule is CCN(CC1CCN(Cc2ccccc2)C1)C(=O)[C@@H]1CC[C@H](CN)O1.Cl.Cl. The molecule has 0 radical (unpaired) electrons. The first-order chi connectivity index (χ1) is 12.2. The predicted octanol–water partition coefficient (Wildman–Crippen LogP) is 2.71. The third kappa shape index (κ3) is 6.61. The first-order valence-corrected chi connectivity index (χ1v) is 9.60. The van der Waals surface area contributed by atoms with Crippen LogP contribution in [0.2, 0.25) is 0 Å². The first kappa shape index (κ1) is 24.2. The van der Waals surface area contributed by atoms with Gasteiger partial charge in [-0.25, -0.2) is 0 Å². The van der Waals surface area contributed by atoms with Gasteiger partial charge in [0.05, 0.1) is 6.10 Å². The van der Waals surface area contributed by atoms with Gasteiger partial charge in [-0.3, -0.25) is 9.69 Å². The molecule has 3 rings (SSSR count). The predicted molar refractivity (Wildman–Crippen MR) is 114 cm³/mol. The average molecular weight is 418 g/mol. The summed E-state index contributed by atoms with van der Waals surface area (Å²) in [5.74, 6) is 0.708. The van der Waals surface area contributed by atoms with E-state index in [1.807, 2.05) is 4.90 Å². The van der Waals surface area contributed by atoms with Crippen molar-refractivity contribution in [2.45, 2.75) is 44.9 Å². The molecule has 0 aliphatic carbocycles. The topological polar surface area (TPSA) is 58.8 Å². The van der Waals surface area contributed by atoms with Crippen molar-refractivity contribution < 1.29 is 9.53 Å². The van der Waals surface area contributed by atoms with Crippen LogP contribution in [-0.2, 0) is 16.1 Å². The fraction of sp³-hybridized carbons (Fsp3) is 0.650. The number of likely N-dealkylation sites (N-methyl/N-ethyl adjacent to an activating group) is 1. The number of rotatable bonds is 7. The van der Waals surface area contributed by atoms with E-state index in [0.29, 0.717) is 12.5 Å². The third-order valence-electron chi connectivity index (χ3n) is 5.44. The molecule has 1 aromatic rings. The zero-order chi connectivity index (χ0) is 17.6. The Hall–Kier alpha value is -0.850. The van der Waals surface area contributed by atoms with Crippen LogP contribution in [-0.4, -0.2) is 60.6 Å². The van der Waals surface area contributed by atoms with Crippen molar-refractivity contribution >= 4 is 30.7 Å². The van der Waals surface area contributed by atoms with Gasteiger partial charge in [-0.05, 0) is 44.2 Å². The molecule has 0 bridgehead atoms. The molecule has 2 heterocycles. The molecule has 0 spiro atoms. The monoisotopic (exact) mass is 417 g/mol. The molecule has 2 N–H and O–H groups in total. The normalized spacial score (nSPS) is 24.9. The third-order valence-corrected chi connectivity index (χ3v) is 5.44. The summed E-state index contributed by atoms with van der Waals surface area (Å²) in [5, 5.41) is 0. The van der Waals surface area contributed by atoms with Crippen molar-refractivity contribution in [1.82, 2.24) is 9.80 Å². The zero-order valence-corrected chi connectivity index (χ0v) is 17.7. The van der Waals surface area contributed by atoms with Crippen molar-refractivity contribution in [1.29, 1.82) is 0 Å². The summed E-state index contributed by atoms with van der Waals surface area (Å²) in [6.45, 7) is 7.34. The smallest absolute Gasteiger partial charge is 0.251 e. The lowest BCUT2D eigenvalue weighted by Gasteiger charge is -2.27. The molecule has 5 nitrogen and oxygen atoms in total. The molecule has 7 heteroatoms. The van der Waals surface area contributed by atoms with Crippen molar-refractivity contribution in [2.75, 3.05) is 32.7 Å². The van der Waals surface area contributed by atoms with Crippen LogP contribution in [0.25, 0.3) is 0 Å². The second-order valence-electron chi connectivity index (χ2n) is 7.31. The van der Waals surface area contributed by atoms with Gasteiger partial charge in [-0.2, -0.15) is 0 Å². The summed E-state index contributed by atoms with van der Waals surface area (Å²) < 4.78 is 5.79. The second kappa shape index (κ2) is 11.9. The molecular formula is C20H33Cl2N3O2. The highest BCUT2D eigenvalue weighted by atomic mass is 35.5. The summed E-state index contributed by atoms with van der Waals surface area (Å²) in [6, 6.07) is 10.6. The number of ether oxygens (including phenoxy) is 1. The number of hydrogen-bond acceptors (Lipinski definition) is 4. The number of halogens is 2. The maximum atomic E-state index is 12.7. The largest absolute Gasteiger partial charge is 0.364 e. The van der Waals surface area contributed by atoms with Crippen LogP contribution >= 0.6 is 24.8 Å². The molecule has 0 aromatic heterocycles.